The van der Waals surface area contributed by atoms with Crippen LogP contribution in [0.4, 0.5) is 5.82 Å². The smallest absolute Gasteiger partial charge is 0.263 e. The Morgan fingerprint density at radius 1 is 1.30 bits per heavy atom. The van der Waals surface area contributed by atoms with Gasteiger partial charge in [0, 0.05) is 5.02 Å². The lowest BCUT2D eigenvalue weighted by Crippen LogP contribution is -2.21. The summed E-state index contributed by atoms with van der Waals surface area (Å²) < 4.78 is 6.32. The van der Waals surface area contributed by atoms with Gasteiger partial charge in [-0.2, -0.15) is 0 Å². The molecule has 20 heavy (non-hydrogen) atoms. The summed E-state index contributed by atoms with van der Waals surface area (Å²) in [4.78, 5) is 19.8. The van der Waals surface area contributed by atoms with Crippen LogP contribution in [-0.2, 0) is 4.79 Å². The number of hydrogen-bond acceptors (Lipinski definition) is 4. The van der Waals surface area contributed by atoms with Crippen molar-refractivity contribution in [3.8, 4) is 5.75 Å². The molecule has 0 unspecified atom stereocenters. The van der Waals surface area contributed by atoms with Crippen LogP contribution in [0.25, 0.3) is 0 Å². The number of nitrogens with zero attached hydrogens (tertiary/aromatic N) is 2. The zero-order chi connectivity index (χ0) is 14.5. The third kappa shape index (κ3) is 4.43. The minimum Gasteiger partial charge on any atom is -0.484 e. The predicted octanol–water partition coefficient (Wildman–Crippen LogP) is 3.67. The Morgan fingerprint density at radius 3 is 2.65 bits per heavy atom. The lowest BCUT2D eigenvalue weighted by Gasteiger charge is -2.08. The monoisotopic (exact) mass is 419 g/mol. The maximum Gasteiger partial charge on any atom is 0.263 e. The Morgan fingerprint density at radius 2 is 2.00 bits per heavy atom. The highest BCUT2D eigenvalue weighted by molar-refractivity contribution is 9.11. The Labute approximate surface area is 137 Å². The average Bonchev–Trinajstić information content (AvgIpc) is 2.41. The number of aromatic nitrogens is 2. The molecule has 0 saturated heterocycles. The number of ether oxygens (including phenoxy) is 1. The fourth-order valence-electron chi connectivity index (χ4n) is 1.28. The molecule has 1 aromatic carbocycles. The fourth-order valence-corrected chi connectivity index (χ4v) is 2.31. The Kier molecular flexibility index (Phi) is 5.33. The third-order valence-electron chi connectivity index (χ3n) is 2.14. The van der Waals surface area contributed by atoms with E-state index < -0.39 is 0 Å². The van der Waals surface area contributed by atoms with Crippen molar-refractivity contribution >= 4 is 55.2 Å². The molecule has 0 aliphatic heterocycles. The van der Waals surface area contributed by atoms with E-state index in [0.717, 1.165) is 0 Å². The van der Waals surface area contributed by atoms with E-state index in [9.17, 15) is 4.79 Å². The Balaban J connectivity index is 1.90. The first kappa shape index (κ1) is 15.2. The second-order valence-electron chi connectivity index (χ2n) is 3.62. The van der Waals surface area contributed by atoms with Crippen LogP contribution in [0.2, 0.25) is 5.02 Å². The van der Waals surface area contributed by atoms with E-state index in [0.29, 0.717) is 25.8 Å². The van der Waals surface area contributed by atoms with Gasteiger partial charge < -0.3 is 10.1 Å². The van der Waals surface area contributed by atoms with Crippen LogP contribution in [0.1, 0.15) is 0 Å². The third-order valence-corrected chi connectivity index (χ3v) is 3.33. The van der Waals surface area contributed by atoms with Gasteiger partial charge in [-0.05, 0) is 56.1 Å². The van der Waals surface area contributed by atoms with Crippen molar-refractivity contribution in [1.82, 2.24) is 9.97 Å². The normalized spacial score (nSPS) is 10.2. The van der Waals surface area contributed by atoms with Gasteiger partial charge in [-0.25, -0.2) is 9.97 Å². The maximum absolute atomic E-state index is 11.7. The quantitative estimate of drug-likeness (QED) is 0.818. The van der Waals surface area contributed by atoms with Crippen LogP contribution < -0.4 is 10.1 Å². The van der Waals surface area contributed by atoms with E-state index in [4.69, 9.17) is 16.3 Å². The summed E-state index contributed by atoms with van der Waals surface area (Å²) in [5.41, 5.74) is 0. The topological polar surface area (TPSA) is 64.1 Å². The lowest BCUT2D eigenvalue weighted by atomic mass is 10.3. The highest BCUT2D eigenvalue weighted by Crippen LogP contribution is 2.19. The highest BCUT2D eigenvalue weighted by atomic mass is 79.9. The SMILES string of the molecule is O=C(COc1ccc(Cl)cc1)Nc1ncc(Br)nc1Br. The molecule has 0 aliphatic rings. The van der Waals surface area contributed by atoms with Crippen molar-refractivity contribution < 1.29 is 9.53 Å². The molecule has 1 heterocycles. The van der Waals surface area contributed by atoms with Gasteiger partial charge in [-0.1, -0.05) is 11.6 Å². The van der Waals surface area contributed by atoms with Crippen LogP contribution in [-0.4, -0.2) is 22.5 Å². The molecular weight excluding hydrogens is 413 g/mol. The molecule has 104 valence electrons. The van der Waals surface area contributed by atoms with E-state index in [-0.39, 0.29) is 12.5 Å². The van der Waals surface area contributed by atoms with E-state index in [1.165, 1.54) is 6.20 Å². The number of nitrogens with one attached hydrogen (secondary N) is 1. The number of benzene rings is 1. The minimum absolute atomic E-state index is 0.133. The van der Waals surface area contributed by atoms with Gasteiger partial charge in [-0.15, -0.1) is 0 Å². The van der Waals surface area contributed by atoms with Gasteiger partial charge in [0.25, 0.3) is 5.91 Å². The van der Waals surface area contributed by atoms with E-state index in [2.05, 4.69) is 47.1 Å². The molecule has 5 nitrogen and oxygen atoms in total. The predicted molar refractivity (Wildman–Crippen MR) is 83.0 cm³/mol. The molecule has 2 aromatic rings. The van der Waals surface area contributed by atoms with Gasteiger partial charge in [0.2, 0.25) is 0 Å². The molecule has 1 amide bonds. The lowest BCUT2D eigenvalue weighted by molar-refractivity contribution is -0.118. The maximum atomic E-state index is 11.7. The summed E-state index contributed by atoms with van der Waals surface area (Å²) >= 11 is 12.1. The van der Waals surface area contributed by atoms with Crippen LogP contribution in [0, 0.1) is 0 Å². The molecule has 0 fully saturated rings. The van der Waals surface area contributed by atoms with Gasteiger partial charge >= 0.3 is 0 Å². The molecule has 0 bridgehead atoms. The largest absolute Gasteiger partial charge is 0.484 e. The molecule has 0 spiro atoms. The Bertz CT molecular complexity index is 623. The highest BCUT2D eigenvalue weighted by Gasteiger charge is 2.09. The number of halogens is 3. The first-order chi connectivity index (χ1) is 9.54. The van der Waals surface area contributed by atoms with Crippen molar-refractivity contribution in [3.63, 3.8) is 0 Å². The number of carbonyl (C=O) groups excluding carboxylic acids is 1. The molecular formula is C12H8Br2ClN3O2. The second-order valence-corrected chi connectivity index (χ2v) is 5.62. The molecule has 0 radical (unpaired) electrons. The summed E-state index contributed by atoms with van der Waals surface area (Å²) in [7, 11) is 0. The van der Waals surface area contributed by atoms with Gasteiger partial charge in [0.1, 0.15) is 15.0 Å². The summed E-state index contributed by atoms with van der Waals surface area (Å²) in [5.74, 6) is 0.556. The van der Waals surface area contributed by atoms with Crippen molar-refractivity contribution in [2.75, 3.05) is 11.9 Å². The minimum atomic E-state index is -0.336. The van der Waals surface area contributed by atoms with Crippen molar-refractivity contribution in [2.45, 2.75) is 0 Å². The zero-order valence-electron chi connectivity index (χ0n) is 9.94. The van der Waals surface area contributed by atoms with Crippen LogP contribution >= 0.6 is 43.5 Å². The molecule has 1 N–H and O–H groups in total. The van der Waals surface area contributed by atoms with Crippen LogP contribution in [0.3, 0.4) is 0 Å². The molecule has 0 saturated carbocycles. The summed E-state index contributed by atoms with van der Waals surface area (Å²) in [5, 5.41) is 3.20. The number of amides is 1. The summed E-state index contributed by atoms with van der Waals surface area (Å²) in [6, 6.07) is 6.74. The molecule has 8 heteroatoms. The second kappa shape index (κ2) is 7.01. The fraction of sp³-hybridized carbons (Fsp3) is 0.0833. The van der Waals surface area contributed by atoms with E-state index in [1.807, 2.05) is 0 Å². The van der Waals surface area contributed by atoms with E-state index in [1.54, 1.807) is 24.3 Å². The Hall–Kier alpha value is -1.18. The first-order valence-electron chi connectivity index (χ1n) is 5.41. The molecule has 2 rings (SSSR count). The molecule has 0 aliphatic carbocycles. The van der Waals surface area contributed by atoms with Crippen molar-refractivity contribution in [3.05, 3.63) is 44.7 Å². The number of hydrogen-bond donors (Lipinski definition) is 1. The van der Waals surface area contributed by atoms with Crippen molar-refractivity contribution in [2.24, 2.45) is 0 Å². The summed E-state index contributed by atoms with van der Waals surface area (Å²) in [6.45, 7) is -0.133. The first-order valence-corrected chi connectivity index (χ1v) is 7.37. The number of rotatable bonds is 4. The zero-order valence-corrected chi connectivity index (χ0v) is 13.9. The number of carbonyl (C=O) groups is 1. The van der Waals surface area contributed by atoms with Gasteiger partial charge in [0.15, 0.2) is 12.4 Å². The summed E-state index contributed by atoms with van der Waals surface area (Å²) in [6.07, 6.45) is 1.49. The standard InChI is InChI=1S/C12H8Br2ClN3O2/c13-9-5-16-12(11(14)17-9)18-10(19)6-20-8-3-1-7(15)2-4-8/h1-5H,6H2,(H,16,18,19). The van der Waals surface area contributed by atoms with Crippen LogP contribution in [0.5, 0.6) is 5.75 Å². The molecule has 0 atom stereocenters. The average molecular weight is 421 g/mol. The van der Waals surface area contributed by atoms with Gasteiger partial charge in [-0.3, -0.25) is 4.79 Å². The van der Waals surface area contributed by atoms with Crippen LogP contribution in [0.15, 0.2) is 39.7 Å². The van der Waals surface area contributed by atoms with E-state index >= 15 is 0 Å². The van der Waals surface area contributed by atoms with Crippen molar-refractivity contribution in [1.29, 1.82) is 0 Å². The molecule has 1 aromatic heterocycles. The van der Waals surface area contributed by atoms with Gasteiger partial charge in [0.05, 0.1) is 6.20 Å². The number of anilines is 1.